The third-order valence-electron chi connectivity index (χ3n) is 6.47. The van der Waals surface area contributed by atoms with Gasteiger partial charge in [0.15, 0.2) is 0 Å². The maximum Gasteiger partial charge on any atom is 0.270 e. The van der Waals surface area contributed by atoms with Crippen LogP contribution >= 0.6 is 0 Å². The molecule has 0 aliphatic carbocycles. The fraction of sp³-hybridized carbons (Fsp3) is 0.138. The quantitative estimate of drug-likeness (QED) is 0.176. The van der Waals surface area contributed by atoms with Gasteiger partial charge in [-0.2, -0.15) is 0 Å². The molecule has 3 N–H and O–H groups in total. The van der Waals surface area contributed by atoms with E-state index in [1.807, 2.05) is 66.3 Å². The van der Waals surface area contributed by atoms with Crippen LogP contribution in [0.1, 0.15) is 23.6 Å². The molecule has 0 spiro atoms. The van der Waals surface area contributed by atoms with E-state index in [-0.39, 0.29) is 17.5 Å². The lowest BCUT2D eigenvalue weighted by Gasteiger charge is -2.16. The predicted octanol–water partition coefficient (Wildman–Crippen LogP) is 4.61. The molecule has 0 saturated carbocycles. The molecule has 0 radical (unpaired) electrons. The highest BCUT2D eigenvalue weighted by molar-refractivity contribution is 6.37. The Morgan fingerprint density at radius 3 is 2.46 bits per heavy atom. The number of nitrogens with one attached hydrogen (secondary N) is 3. The topological polar surface area (TPSA) is 131 Å². The van der Waals surface area contributed by atoms with Gasteiger partial charge < -0.3 is 20.5 Å². The van der Waals surface area contributed by atoms with Gasteiger partial charge in [0.2, 0.25) is 5.91 Å². The first kappa shape index (κ1) is 25.4. The number of hydrogen-bond acceptors (Lipinski definition) is 6. The largest absolute Gasteiger partial charge is 0.356 e. The third kappa shape index (κ3) is 5.40. The summed E-state index contributed by atoms with van der Waals surface area (Å²) in [6, 6.07) is 19.6. The number of imidazole rings is 1. The van der Waals surface area contributed by atoms with E-state index in [9.17, 15) is 19.7 Å². The molecule has 0 saturated heterocycles. The maximum atomic E-state index is 13.2. The molecule has 0 atom stereocenters. The number of amides is 2. The van der Waals surface area contributed by atoms with Crippen LogP contribution in [0.5, 0.6) is 0 Å². The summed E-state index contributed by atoms with van der Waals surface area (Å²) in [5.74, 6) is 0.385. The Morgan fingerprint density at radius 1 is 1.08 bits per heavy atom. The molecule has 1 aliphatic rings. The van der Waals surface area contributed by atoms with Crippen LogP contribution < -0.4 is 16.0 Å². The van der Waals surface area contributed by atoms with Crippen molar-refractivity contribution in [3.05, 3.63) is 106 Å². The van der Waals surface area contributed by atoms with E-state index < -0.39 is 4.92 Å². The molecule has 10 heteroatoms. The van der Waals surface area contributed by atoms with Crippen molar-refractivity contribution in [3.8, 4) is 11.4 Å². The number of aryl methyl sites for hydroxylation is 1. The standard InChI is InChI=1S/C29H26N6O4/c1-18(36)30-14-13-19-3-5-20(6-4-19)27(26-24-17-23(35(38)39)11-12-25(24)33-29(26)37)32-22-9-7-21(8-10-22)28-31-15-16-34(28)2/h3-12,15-17,32H,13-14H2,1-2H3,(H,30,36)(H,33,37)/b27-26-. The van der Waals surface area contributed by atoms with Crippen molar-refractivity contribution in [1.82, 2.24) is 14.9 Å². The van der Waals surface area contributed by atoms with Gasteiger partial charge in [-0.05, 0) is 47.9 Å². The molecule has 1 aromatic heterocycles. The van der Waals surface area contributed by atoms with Gasteiger partial charge in [0.25, 0.3) is 11.6 Å². The number of aromatic nitrogens is 2. The van der Waals surface area contributed by atoms with Crippen molar-refractivity contribution in [2.75, 3.05) is 17.2 Å². The van der Waals surface area contributed by atoms with E-state index in [0.29, 0.717) is 35.5 Å². The number of rotatable bonds is 8. The minimum Gasteiger partial charge on any atom is -0.356 e. The van der Waals surface area contributed by atoms with E-state index in [4.69, 9.17) is 0 Å². The lowest BCUT2D eigenvalue weighted by atomic mass is 9.98. The average Bonchev–Trinajstić information content (AvgIpc) is 3.49. The summed E-state index contributed by atoms with van der Waals surface area (Å²) in [5.41, 5.74) is 5.11. The van der Waals surface area contributed by atoms with Gasteiger partial charge in [0.1, 0.15) is 5.82 Å². The molecule has 3 aromatic carbocycles. The molecule has 2 amide bonds. The zero-order chi connectivity index (χ0) is 27.5. The minimum atomic E-state index is -0.478. The molecule has 2 heterocycles. The Balaban J connectivity index is 1.55. The SMILES string of the molecule is CC(=O)NCCc1ccc(/C(Nc2ccc(-c3nccn3C)cc2)=C2/C(=O)Nc3ccc([N+](=O)[O-])cc32)cc1. The lowest BCUT2D eigenvalue weighted by Crippen LogP contribution is -2.22. The third-order valence-corrected chi connectivity index (χ3v) is 6.47. The van der Waals surface area contributed by atoms with Crippen LogP contribution in [0.15, 0.2) is 79.1 Å². The molecule has 10 nitrogen and oxygen atoms in total. The molecule has 0 fully saturated rings. The Morgan fingerprint density at radius 2 is 1.82 bits per heavy atom. The Kier molecular flexibility index (Phi) is 6.92. The van der Waals surface area contributed by atoms with Crippen LogP contribution in [0.2, 0.25) is 0 Å². The zero-order valence-electron chi connectivity index (χ0n) is 21.4. The van der Waals surface area contributed by atoms with Crippen LogP contribution in [-0.2, 0) is 23.1 Å². The van der Waals surface area contributed by atoms with Crippen LogP contribution in [0, 0.1) is 10.1 Å². The highest BCUT2D eigenvalue weighted by Gasteiger charge is 2.30. The monoisotopic (exact) mass is 522 g/mol. The average molecular weight is 523 g/mol. The van der Waals surface area contributed by atoms with Crippen molar-refractivity contribution >= 4 is 40.1 Å². The summed E-state index contributed by atoms with van der Waals surface area (Å²) in [4.78, 5) is 39.8. The van der Waals surface area contributed by atoms with Crippen LogP contribution in [-0.4, -0.2) is 32.8 Å². The first-order valence-electron chi connectivity index (χ1n) is 12.3. The summed E-state index contributed by atoms with van der Waals surface area (Å²) in [7, 11) is 1.92. The second-order valence-electron chi connectivity index (χ2n) is 9.19. The molecule has 0 unspecified atom stereocenters. The molecule has 0 bridgehead atoms. The number of carbonyl (C=O) groups excluding carboxylic acids is 2. The second kappa shape index (κ2) is 10.6. The maximum absolute atomic E-state index is 13.2. The number of anilines is 2. The second-order valence-corrected chi connectivity index (χ2v) is 9.19. The summed E-state index contributed by atoms with van der Waals surface area (Å²) in [6.45, 7) is 1.99. The highest BCUT2D eigenvalue weighted by Crippen LogP contribution is 2.39. The molecular formula is C29H26N6O4. The van der Waals surface area contributed by atoms with Crippen molar-refractivity contribution in [1.29, 1.82) is 0 Å². The number of fused-ring (bicyclic) bond motifs is 1. The van der Waals surface area contributed by atoms with Gasteiger partial charge in [-0.3, -0.25) is 19.7 Å². The number of benzene rings is 3. The van der Waals surface area contributed by atoms with Crippen LogP contribution in [0.25, 0.3) is 22.7 Å². The highest BCUT2D eigenvalue weighted by atomic mass is 16.6. The first-order chi connectivity index (χ1) is 18.8. The predicted molar refractivity (Wildman–Crippen MR) is 150 cm³/mol. The molecule has 4 aromatic rings. The van der Waals surface area contributed by atoms with E-state index in [1.54, 1.807) is 12.3 Å². The molecule has 39 heavy (non-hydrogen) atoms. The number of nitro groups is 1. The summed E-state index contributed by atoms with van der Waals surface area (Å²) < 4.78 is 1.93. The van der Waals surface area contributed by atoms with E-state index in [1.165, 1.54) is 19.1 Å². The fourth-order valence-electron chi connectivity index (χ4n) is 4.51. The van der Waals surface area contributed by atoms with E-state index >= 15 is 0 Å². The lowest BCUT2D eigenvalue weighted by molar-refractivity contribution is -0.384. The summed E-state index contributed by atoms with van der Waals surface area (Å²) in [5, 5.41) is 20.5. The molecule has 196 valence electrons. The van der Waals surface area contributed by atoms with Crippen molar-refractivity contribution < 1.29 is 14.5 Å². The van der Waals surface area contributed by atoms with E-state index in [0.717, 1.165) is 28.2 Å². The summed E-state index contributed by atoms with van der Waals surface area (Å²) >= 11 is 0. The number of nitrogens with zero attached hydrogens (tertiary/aromatic N) is 3. The van der Waals surface area contributed by atoms with Crippen LogP contribution in [0.3, 0.4) is 0 Å². The number of nitro benzene ring substituents is 1. The van der Waals surface area contributed by atoms with Gasteiger partial charge in [-0.25, -0.2) is 4.98 Å². The van der Waals surface area contributed by atoms with Gasteiger partial charge in [-0.1, -0.05) is 24.3 Å². The normalized spacial score (nSPS) is 13.4. The fourth-order valence-corrected chi connectivity index (χ4v) is 4.51. The van der Waals surface area contributed by atoms with E-state index in [2.05, 4.69) is 20.9 Å². The zero-order valence-corrected chi connectivity index (χ0v) is 21.4. The van der Waals surface area contributed by atoms with Crippen molar-refractivity contribution in [2.24, 2.45) is 7.05 Å². The smallest absolute Gasteiger partial charge is 0.270 e. The Labute approximate surface area is 224 Å². The Bertz CT molecular complexity index is 1600. The number of non-ortho nitro benzene ring substituents is 1. The van der Waals surface area contributed by atoms with Crippen molar-refractivity contribution in [3.63, 3.8) is 0 Å². The summed E-state index contributed by atoms with van der Waals surface area (Å²) in [6.07, 6.45) is 4.27. The molecular weight excluding hydrogens is 496 g/mol. The van der Waals surface area contributed by atoms with Crippen LogP contribution in [0.4, 0.5) is 17.1 Å². The molecule has 5 rings (SSSR count). The Hall–Kier alpha value is -5.25. The number of carbonyl (C=O) groups is 2. The minimum absolute atomic E-state index is 0.0863. The first-order valence-corrected chi connectivity index (χ1v) is 12.3. The molecule has 1 aliphatic heterocycles. The number of hydrogen-bond donors (Lipinski definition) is 3. The van der Waals surface area contributed by atoms with Gasteiger partial charge in [0, 0.05) is 67.5 Å². The van der Waals surface area contributed by atoms with Gasteiger partial charge >= 0.3 is 0 Å². The van der Waals surface area contributed by atoms with Gasteiger partial charge in [-0.15, -0.1) is 0 Å². The van der Waals surface area contributed by atoms with Crippen molar-refractivity contribution in [2.45, 2.75) is 13.3 Å². The van der Waals surface area contributed by atoms with Gasteiger partial charge in [0.05, 0.1) is 16.2 Å².